The van der Waals surface area contributed by atoms with Crippen LogP contribution in [0.25, 0.3) is 0 Å². The molecule has 3 heteroatoms. The molecule has 1 aromatic carbocycles. The fourth-order valence-corrected chi connectivity index (χ4v) is 2.07. The van der Waals surface area contributed by atoms with Crippen LogP contribution in [0.1, 0.15) is 23.8 Å². The van der Waals surface area contributed by atoms with Crippen LogP contribution in [0.2, 0.25) is 0 Å². The molecule has 0 amide bonds. The van der Waals surface area contributed by atoms with Crippen molar-refractivity contribution in [2.45, 2.75) is 19.1 Å². The normalized spacial score (nSPS) is 17.1. The van der Waals surface area contributed by atoms with Crippen molar-refractivity contribution in [2.24, 2.45) is 0 Å². The van der Waals surface area contributed by atoms with Crippen LogP contribution in [0.15, 0.2) is 24.3 Å². The van der Waals surface area contributed by atoms with Crippen molar-refractivity contribution >= 4 is 15.9 Å². The van der Waals surface area contributed by atoms with E-state index >= 15 is 0 Å². The average Bonchev–Trinajstić information content (AvgIpc) is 2.80. The zero-order valence-corrected chi connectivity index (χ0v) is 10.2. The summed E-state index contributed by atoms with van der Waals surface area (Å²) in [5.41, 5.74) is 2.53. The van der Waals surface area contributed by atoms with E-state index in [0.717, 1.165) is 18.2 Å². The fourth-order valence-electron chi connectivity index (χ4n) is 1.79. The second kappa shape index (κ2) is 5.64. The molecule has 2 nitrogen and oxygen atoms in total. The minimum absolute atomic E-state index is 0.142. The summed E-state index contributed by atoms with van der Waals surface area (Å²) in [6, 6.07) is 8.36. The van der Waals surface area contributed by atoms with Crippen LogP contribution in [-0.2, 0) is 15.9 Å². The van der Waals surface area contributed by atoms with Crippen molar-refractivity contribution in [3.63, 3.8) is 0 Å². The Bertz CT molecular complexity index is 308. The minimum Gasteiger partial charge on any atom is -0.346 e. The third-order valence-corrected chi connectivity index (χ3v) is 3.07. The van der Waals surface area contributed by atoms with Gasteiger partial charge in [0.25, 0.3) is 0 Å². The maximum Gasteiger partial charge on any atom is 0.184 e. The highest BCUT2D eigenvalue weighted by Crippen LogP contribution is 2.26. The second-order valence-electron chi connectivity index (χ2n) is 3.56. The number of rotatable bonds is 4. The van der Waals surface area contributed by atoms with Crippen LogP contribution in [-0.4, -0.2) is 18.5 Å². The van der Waals surface area contributed by atoms with Gasteiger partial charge in [-0.05, 0) is 18.4 Å². The molecule has 1 aliphatic rings. The average molecular weight is 271 g/mol. The molecule has 0 aliphatic carbocycles. The Hall–Kier alpha value is -0.380. The molecule has 82 valence electrons. The molecule has 1 fully saturated rings. The van der Waals surface area contributed by atoms with Gasteiger partial charge in [-0.1, -0.05) is 40.2 Å². The van der Waals surface area contributed by atoms with E-state index in [-0.39, 0.29) is 6.29 Å². The van der Waals surface area contributed by atoms with Gasteiger partial charge in [-0.25, -0.2) is 0 Å². The zero-order valence-electron chi connectivity index (χ0n) is 8.62. The molecule has 0 spiro atoms. The summed E-state index contributed by atoms with van der Waals surface area (Å²) in [5, 5.41) is 1.04. The van der Waals surface area contributed by atoms with Gasteiger partial charge in [0.15, 0.2) is 6.29 Å². The van der Waals surface area contributed by atoms with E-state index in [1.807, 2.05) is 6.07 Å². The van der Waals surface area contributed by atoms with Crippen molar-refractivity contribution in [3.05, 3.63) is 35.4 Å². The molecule has 0 saturated carbocycles. The Kier molecular flexibility index (Phi) is 4.18. The molecule has 1 saturated heterocycles. The maximum atomic E-state index is 5.53. The highest BCUT2D eigenvalue weighted by molar-refractivity contribution is 9.09. The number of halogens is 1. The van der Waals surface area contributed by atoms with Crippen LogP contribution in [0, 0.1) is 0 Å². The highest BCUT2D eigenvalue weighted by atomic mass is 79.9. The van der Waals surface area contributed by atoms with Crippen LogP contribution in [0.3, 0.4) is 0 Å². The number of hydrogen-bond acceptors (Lipinski definition) is 2. The summed E-state index contributed by atoms with van der Waals surface area (Å²) in [6.07, 6.45) is 2.07. The molecule has 0 unspecified atom stereocenters. The van der Waals surface area contributed by atoms with E-state index < -0.39 is 0 Å². The van der Waals surface area contributed by atoms with Crippen molar-refractivity contribution < 1.29 is 9.47 Å². The van der Waals surface area contributed by atoms with Gasteiger partial charge in [0.1, 0.15) is 0 Å². The Morgan fingerprint density at radius 3 is 2.67 bits per heavy atom. The molecule has 15 heavy (non-hydrogen) atoms. The summed E-state index contributed by atoms with van der Waals surface area (Å²) >= 11 is 3.45. The number of alkyl halides is 1. The van der Waals surface area contributed by atoms with Gasteiger partial charge < -0.3 is 9.47 Å². The predicted molar refractivity (Wildman–Crippen MR) is 63.2 cm³/mol. The molecular weight excluding hydrogens is 256 g/mol. The fraction of sp³-hybridized carbons (Fsp3) is 0.500. The van der Waals surface area contributed by atoms with Gasteiger partial charge >= 0.3 is 0 Å². The predicted octanol–water partition coefficient (Wildman–Crippen LogP) is 3.06. The van der Waals surface area contributed by atoms with Crippen LogP contribution in [0.4, 0.5) is 0 Å². The lowest BCUT2D eigenvalue weighted by atomic mass is 10.0. The summed E-state index contributed by atoms with van der Waals surface area (Å²) in [6.45, 7) is 1.41. The van der Waals surface area contributed by atoms with Crippen molar-refractivity contribution in [1.29, 1.82) is 0 Å². The maximum absolute atomic E-state index is 5.53. The molecule has 0 aromatic heterocycles. The largest absolute Gasteiger partial charge is 0.346 e. The molecule has 0 bridgehead atoms. The summed E-state index contributed by atoms with van der Waals surface area (Å²) in [5.74, 6) is 0. The standard InChI is InChI=1S/C12H15BrO2/c13-7-3-5-10-4-1-2-6-11(10)12-14-8-9-15-12/h1-2,4,6,12H,3,5,7-9H2. The first kappa shape index (κ1) is 11.1. The van der Waals surface area contributed by atoms with Gasteiger partial charge in [-0.3, -0.25) is 0 Å². The van der Waals surface area contributed by atoms with E-state index in [9.17, 15) is 0 Å². The van der Waals surface area contributed by atoms with Gasteiger partial charge in [-0.15, -0.1) is 0 Å². The third kappa shape index (κ3) is 2.80. The summed E-state index contributed by atoms with van der Waals surface area (Å²) in [4.78, 5) is 0. The smallest absolute Gasteiger partial charge is 0.184 e. The SMILES string of the molecule is BrCCCc1ccccc1C1OCCO1. The van der Waals surface area contributed by atoms with Gasteiger partial charge in [-0.2, -0.15) is 0 Å². The quantitative estimate of drug-likeness (QED) is 0.783. The van der Waals surface area contributed by atoms with E-state index in [0.29, 0.717) is 13.2 Å². The van der Waals surface area contributed by atoms with E-state index in [1.54, 1.807) is 0 Å². The molecular formula is C12H15BrO2. The summed E-state index contributed by atoms with van der Waals surface area (Å²) < 4.78 is 11.1. The highest BCUT2D eigenvalue weighted by Gasteiger charge is 2.20. The lowest BCUT2D eigenvalue weighted by molar-refractivity contribution is -0.0447. The van der Waals surface area contributed by atoms with Crippen LogP contribution < -0.4 is 0 Å². The number of aryl methyl sites for hydroxylation is 1. The van der Waals surface area contributed by atoms with Crippen LogP contribution in [0.5, 0.6) is 0 Å². The molecule has 0 atom stereocenters. The molecule has 2 rings (SSSR count). The second-order valence-corrected chi connectivity index (χ2v) is 4.36. The Balaban J connectivity index is 2.13. The van der Waals surface area contributed by atoms with Gasteiger partial charge in [0.05, 0.1) is 13.2 Å². The Labute approximate surface area is 98.7 Å². The van der Waals surface area contributed by atoms with Crippen molar-refractivity contribution in [1.82, 2.24) is 0 Å². The van der Waals surface area contributed by atoms with Gasteiger partial charge in [0, 0.05) is 10.9 Å². The summed E-state index contributed by atoms with van der Waals surface area (Å²) in [7, 11) is 0. The lowest BCUT2D eigenvalue weighted by Crippen LogP contribution is -2.03. The molecule has 0 N–H and O–H groups in total. The van der Waals surface area contributed by atoms with E-state index in [2.05, 4.69) is 34.1 Å². The first-order chi connectivity index (χ1) is 7.42. The first-order valence-electron chi connectivity index (χ1n) is 5.29. The van der Waals surface area contributed by atoms with Crippen molar-refractivity contribution in [3.8, 4) is 0 Å². The van der Waals surface area contributed by atoms with Crippen LogP contribution >= 0.6 is 15.9 Å². The zero-order chi connectivity index (χ0) is 10.5. The molecule has 0 radical (unpaired) electrons. The lowest BCUT2D eigenvalue weighted by Gasteiger charge is -2.14. The number of hydrogen-bond donors (Lipinski definition) is 0. The minimum atomic E-state index is -0.142. The first-order valence-corrected chi connectivity index (χ1v) is 6.41. The third-order valence-electron chi connectivity index (χ3n) is 2.51. The number of benzene rings is 1. The topological polar surface area (TPSA) is 18.5 Å². The Morgan fingerprint density at radius 1 is 1.20 bits per heavy atom. The van der Waals surface area contributed by atoms with E-state index in [1.165, 1.54) is 11.1 Å². The van der Waals surface area contributed by atoms with Crippen molar-refractivity contribution in [2.75, 3.05) is 18.5 Å². The molecule has 1 aliphatic heterocycles. The monoisotopic (exact) mass is 270 g/mol. The molecule has 1 heterocycles. The van der Waals surface area contributed by atoms with E-state index in [4.69, 9.17) is 9.47 Å². The number of ether oxygens (including phenoxy) is 2. The Morgan fingerprint density at radius 2 is 1.93 bits per heavy atom. The van der Waals surface area contributed by atoms with Gasteiger partial charge in [0.2, 0.25) is 0 Å². The molecule has 1 aromatic rings.